The van der Waals surface area contributed by atoms with Gasteiger partial charge in [-0.2, -0.15) is 0 Å². The number of halogens is 1. The maximum absolute atomic E-state index is 14.2. The Hall–Kier alpha value is -4.05. The van der Waals surface area contributed by atoms with Crippen LogP contribution in [0.1, 0.15) is 70.4 Å². The van der Waals surface area contributed by atoms with E-state index in [0.29, 0.717) is 29.4 Å². The molecule has 2 aromatic rings. The third-order valence-corrected chi connectivity index (χ3v) is 8.62. The fourth-order valence-corrected chi connectivity index (χ4v) is 6.16. The molecule has 5 rings (SSSR count). The number of nitrogens with one attached hydrogen (secondary N) is 2. The molecule has 0 bridgehead atoms. The smallest absolute Gasteiger partial charge is 0.408 e. The second-order valence-corrected chi connectivity index (χ2v) is 13.5. The van der Waals surface area contributed by atoms with E-state index in [4.69, 9.17) is 21.1 Å². The molecule has 2 heterocycles. The van der Waals surface area contributed by atoms with Gasteiger partial charge in [-0.1, -0.05) is 48.7 Å². The SMILES string of the molecule is CC(C)(C)OC(=O)N[C@H]1CCCCC/C=C\[C@@H]2C[C@@]2(C(=O)O)NC(=O)C2Cc3cc(Oc4cccc(Cl)c4)ccc3CN2C1=O. The second kappa shape index (κ2) is 13.1. The number of ether oxygens (including phenoxy) is 2. The fraction of sp³-hybridized carbons (Fsp3) is 0.471. The molecule has 3 aliphatic rings. The van der Waals surface area contributed by atoms with Gasteiger partial charge in [0.15, 0.2) is 0 Å². The number of rotatable bonds is 4. The molecule has 240 valence electrons. The normalized spacial score (nSPS) is 26.0. The maximum atomic E-state index is 14.2. The van der Waals surface area contributed by atoms with Gasteiger partial charge in [0, 0.05) is 23.9 Å². The van der Waals surface area contributed by atoms with Crippen molar-refractivity contribution < 1.29 is 33.8 Å². The van der Waals surface area contributed by atoms with Gasteiger partial charge >= 0.3 is 12.1 Å². The zero-order chi connectivity index (χ0) is 32.4. The van der Waals surface area contributed by atoms with E-state index in [2.05, 4.69) is 10.6 Å². The number of nitrogens with zero attached hydrogens (tertiary/aromatic N) is 1. The Balaban J connectivity index is 1.47. The van der Waals surface area contributed by atoms with Crippen molar-refractivity contribution in [2.45, 2.75) is 95.5 Å². The molecular formula is C34H40ClN3O7. The number of aliphatic carboxylic acids is 1. The van der Waals surface area contributed by atoms with E-state index in [1.54, 1.807) is 51.1 Å². The molecule has 2 aromatic carbocycles. The molecule has 11 heteroatoms. The summed E-state index contributed by atoms with van der Waals surface area (Å²) in [5.41, 5.74) is -0.568. The average Bonchev–Trinajstić information content (AvgIpc) is 3.67. The molecule has 1 unspecified atom stereocenters. The van der Waals surface area contributed by atoms with Gasteiger partial charge in [-0.05, 0) is 87.9 Å². The minimum atomic E-state index is -1.42. The first kappa shape index (κ1) is 32.3. The molecule has 1 saturated carbocycles. The van der Waals surface area contributed by atoms with Crippen LogP contribution in [0.25, 0.3) is 0 Å². The van der Waals surface area contributed by atoms with Crippen LogP contribution in [0.2, 0.25) is 5.02 Å². The number of hydrogen-bond acceptors (Lipinski definition) is 6. The monoisotopic (exact) mass is 637 g/mol. The fourth-order valence-electron chi connectivity index (χ4n) is 5.98. The summed E-state index contributed by atoms with van der Waals surface area (Å²) in [4.78, 5) is 54.9. The van der Waals surface area contributed by atoms with E-state index in [1.165, 1.54) is 4.90 Å². The predicted octanol–water partition coefficient (Wildman–Crippen LogP) is 5.76. The number of benzene rings is 2. The van der Waals surface area contributed by atoms with Crippen LogP contribution >= 0.6 is 11.6 Å². The Bertz CT molecular complexity index is 1500. The molecule has 1 fully saturated rings. The summed E-state index contributed by atoms with van der Waals surface area (Å²) < 4.78 is 11.5. The number of carbonyl (C=O) groups excluding carboxylic acids is 3. The van der Waals surface area contributed by atoms with Crippen LogP contribution in [-0.4, -0.2) is 57.1 Å². The summed E-state index contributed by atoms with van der Waals surface area (Å²) in [6, 6.07) is 10.5. The zero-order valence-corrected chi connectivity index (χ0v) is 26.6. The van der Waals surface area contributed by atoms with Gasteiger partial charge in [0.2, 0.25) is 11.8 Å². The van der Waals surface area contributed by atoms with E-state index in [-0.39, 0.29) is 25.3 Å². The minimum Gasteiger partial charge on any atom is -0.479 e. The van der Waals surface area contributed by atoms with E-state index in [9.17, 15) is 24.3 Å². The predicted molar refractivity (Wildman–Crippen MR) is 168 cm³/mol. The minimum absolute atomic E-state index is 0.0968. The molecule has 45 heavy (non-hydrogen) atoms. The summed E-state index contributed by atoms with van der Waals surface area (Å²) >= 11 is 6.12. The van der Waals surface area contributed by atoms with Crippen molar-refractivity contribution in [3.8, 4) is 11.5 Å². The Labute approximate surface area is 268 Å². The van der Waals surface area contributed by atoms with E-state index < -0.39 is 47.1 Å². The number of fused-ring (bicyclic) bond motifs is 3. The van der Waals surface area contributed by atoms with Gasteiger partial charge in [0.25, 0.3) is 0 Å². The third-order valence-electron chi connectivity index (χ3n) is 8.39. The van der Waals surface area contributed by atoms with Crippen molar-refractivity contribution in [1.29, 1.82) is 0 Å². The second-order valence-electron chi connectivity index (χ2n) is 13.0. The van der Waals surface area contributed by atoms with E-state index in [1.807, 2.05) is 24.3 Å². The summed E-state index contributed by atoms with van der Waals surface area (Å²) in [6.07, 6.45) is 7.00. The van der Waals surface area contributed by atoms with Crippen LogP contribution in [0.4, 0.5) is 4.79 Å². The first-order valence-electron chi connectivity index (χ1n) is 15.4. The first-order valence-corrected chi connectivity index (χ1v) is 15.8. The Morgan fingerprint density at radius 1 is 1.07 bits per heavy atom. The Morgan fingerprint density at radius 2 is 1.84 bits per heavy atom. The number of hydrogen-bond donors (Lipinski definition) is 3. The van der Waals surface area contributed by atoms with Crippen molar-refractivity contribution >= 4 is 35.5 Å². The highest BCUT2D eigenvalue weighted by atomic mass is 35.5. The molecule has 0 radical (unpaired) electrons. The topological polar surface area (TPSA) is 134 Å². The molecule has 3 N–H and O–H groups in total. The van der Waals surface area contributed by atoms with Gasteiger partial charge in [0.1, 0.15) is 34.7 Å². The molecule has 4 atom stereocenters. The highest BCUT2D eigenvalue weighted by Gasteiger charge is 2.61. The van der Waals surface area contributed by atoms with Gasteiger partial charge < -0.3 is 30.1 Å². The third kappa shape index (κ3) is 7.79. The van der Waals surface area contributed by atoms with Crippen molar-refractivity contribution in [1.82, 2.24) is 15.5 Å². The van der Waals surface area contributed by atoms with Gasteiger partial charge in [-0.3, -0.25) is 9.59 Å². The standard InChI is InChI=1S/C34H40ClN3O7/c1-33(2,3)45-32(43)36-27-13-8-6-4-5-7-10-23-19-34(23,31(41)42)37-29(39)28-17-22-16-26(44-25-12-9-11-24(35)18-25)15-14-21(22)20-38(28)30(27)40/h7,9-12,14-16,18,23,27-28H,4-6,8,13,17,19-20H2,1-3H3,(H,36,43)(H,37,39)(H,41,42)/b10-7-/t23-,27+,28?,34-/m1/s1. The quantitative estimate of drug-likeness (QED) is 0.363. The van der Waals surface area contributed by atoms with Crippen molar-refractivity contribution in [3.63, 3.8) is 0 Å². The van der Waals surface area contributed by atoms with Crippen LogP contribution in [-0.2, 0) is 32.1 Å². The molecule has 0 spiro atoms. The number of carbonyl (C=O) groups is 4. The van der Waals surface area contributed by atoms with Crippen LogP contribution in [0.15, 0.2) is 54.6 Å². The summed E-state index contributed by atoms with van der Waals surface area (Å²) in [5, 5.41) is 16.2. The lowest BCUT2D eigenvalue weighted by molar-refractivity contribution is -0.147. The van der Waals surface area contributed by atoms with Gasteiger partial charge in [0.05, 0.1) is 0 Å². The average molecular weight is 638 g/mol. The van der Waals surface area contributed by atoms with Crippen LogP contribution in [0.3, 0.4) is 0 Å². The van der Waals surface area contributed by atoms with Crippen LogP contribution in [0.5, 0.6) is 11.5 Å². The van der Waals surface area contributed by atoms with E-state index >= 15 is 0 Å². The first-order chi connectivity index (χ1) is 21.3. The summed E-state index contributed by atoms with van der Waals surface area (Å²) in [5.74, 6) is -1.33. The van der Waals surface area contributed by atoms with Crippen molar-refractivity contribution in [2.75, 3.05) is 0 Å². The Morgan fingerprint density at radius 3 is 2.58 bits per heavy atom. The largest absolute Gasteiger partial charge is 0.479 e. The molecule has 1 aliphatic carbocycles. The molecule has 0 aromatic heterocycles. The molecule has 2 aliphatic heterocycles. The van der Waals surface area contributed by atoms with Crippen LogP contribution < -0.4 is 15.4 Å². The lowest BCUT2D eigenvalue weighted by atomic mass is 9.91. The lowest BCUT2D eigenvalue weighted by Crippen LogP contribution is -2.60. The number of alkyl carbamates (subject to hydrolysis) is 1. The number of allylic oxidation sites excluding steroid dienone is 1. The lowest BCUT2D eigenvalue weighted by Gasteiger charge is -2.38. The summed E-state index contributed by atoms with van der Waals surface area (Å²) in [7, 11) is 0. The molecule has 10 nitrogen and oxygen atoms in total. The summed E-state index contributed by atoms with van der Waals surface area (Å²) in [6.45, 7) is 5.33. The number of amides is 3. The Kier molecular flexibility index (Phi) is 9.44. The highest BCUT2D eigenvalue weighted by molar-refractivity contribution is 6.30. The van der Waals surface area contributed by atoms with Crippen molar-refractivity contribution in [3.05, 3.63) is 70.8 Å². The van der Waals surface area contributed by atoms with Crippen molar-refractivity contribution in [2.24, 2.45) is 5.92 Å². The number of carboxylic acid groups (broad SMARTS) is 1. The van der Waals surface area contributed by atoms with E-state index in [0.717, 1.165) is 30.4 Å². The number of carboxylic acids is 1. The molecular weight excluding hydrogens is 598 g/mol. The maximum Gasteiger partial charge on any atom is 0.408 e. The van der Waals surface area contributed by atoms with Gasteiger partial charge in [-0.25, -0.2) is 9.59 Å². The molecule has 3 amide bonds. The van der Waals surface area contributed by atoms with Gasteiger partial charge in [-0.15, -0.1) is 0 Å². The molecule has 0 saturated heterocycles. The zero-order valence-electron chi connectivity index (χ0n) is 25.8. The highest BCUT2D eigenvalue weighted by Crippen LogP contribution is 2.45. The van der Waals surface area contributed by atoms with Crippen LogP contribution in [0, 0.1) is 5.92 Å².